The minimum absolute atomic E-state index is 0.126. The molecule has 4 nitrogen and oxygen atoms in total. The maximum Gasteiger partial charge on any atom is 0.573 e. The summed E-state index contributed by atoms with van der Waals surface area (Å²) in [6.07, 6.45) is -4.72. The number of carbonyl (C=O) groups is 1. The Hall–Kier alpha value is -1.76. The van der Waals surface area contributed by atoms with Crippen LogP contribution in [-0.2, 0) is 11.3 Å². The number of benzene rings is 1. The van der Waals surface area contributed by atoms with E-state index in [1.54, 1.807) is 11.0 Å². The van der Waals surface area contributed by atoms with E-state index in [0.29, 0.717) is 18.7 Å². The lowest BCUT2D eigenvalue weighted by Gasteiger charge is -2.23. The van der Waals surface area contributed by atoms with Gasteiger partial charge in [0.05, 0.1) is 0 Å². The molecule has 0 bridgehead atoms. The number of amides is 1. The number of alkyl halides is 3. The van der Waals surface area contributed by atoms with Gasteiger partial charge in [-0.05, 0) is 31.8 Å². The molecule has 0 spiro atoms. The highest BCUT2D eigenvalue weighted by Gasteiger charge is 2.31. The molecule has 118 valence electrons. The summed E-state index contributed by atoms with van der Waals surface area (Å²) in [6, 6.07) is 5.66. The molecule has 1 rings (SSSR count). The summed E-state index contributed by atoms with van der Waals surface area (Å²) in [5, 5.41) is 0. The Morgan fingerprint density at radius 1 is 1.24 bits per heavy atom. The van der Waals surface area contributed by atoms with Gasteiger partial charge in [0, 0.05) is 26.6 Å². The first kappa shape index (κ1) is 17.3. The van der Waals surface area contributed by atoms with Gasteiger partial charge in [-0.3, -0.25) is 4.79 Å². The molecule has 21 heavy (non-hydrogen) atoms. The van der Waals surface area contributed by atoms with Gasteiger partial charge in [0.2, 0.25) is 5.91 Å². The van der Waals surface area contributed by atoms with Crippen molar-refractivity contribution in [2.45, 2.75) is 19.8 Å². The van der Waals surface area contributed by atoms with Crippen molar-refractivity contribution < 1.29 is 22.7 Å². The fraction of sp³-hybridized carbons (Fsp3) is 0.500. The smallest absolute Gasteiger partial charge is 0.406 e. The van der Waals surface area contributed by atoms with Crippen LogP contribution in [0.5, 0.6) is 5.75 Å². The Balaban J connectivity index is 2.75. The standard InChI is InChI=1S/C14H19F3N2O2/c1-11(20)19(8-7-18(2)3)10-12-5-4-6-13(9-12)21-14(15,16)17/h4-6,9H,7-8,10H2,1-3H3. The monoisotopic (exact) mass is 304 g/mol. The van der Waals surface area contributed by atoms with E-state index in [1.807, 2.05) is 19.0 Å². The summed E-state index contributed by atoms with van der Waals surface area (Å²) in [5.41, 5.74) is 0.589. The first-order chi connectivity index (χ1) is 9.67. The Morgan fingerprint density at radius 3 is 2.43 bits per heavy atom. The normalized spacial score (nSPS) is 11.6. The summed E-state index contributed by atoms with van der Waals surface area (Å²) in [7, 11) is 3.77. The second kappa shape index (κ2) is 7.31. The molecule has 0 aliphatic rings. The number of hydrogen-bond donors (Lipinski definition) is 0. The fourth-order valence-electron chi connectivity index (χ4n) is 1.73. The molecule has 0 saturated heterocycles. The van der Waals surface area contributed by atoms with E-state index in [4.69, 9.17) is 0 Å². The van der Waals surface area contributed by atoms with Gasteiger partial charge in [-0.1, -0.05) is 12.1 Å². The molecule has 1 aromatic carbocycles. The van der Waals surface area contributed by atoms with Gasteiger partial charge in [-0.15, -0.1) is 13.2 Å². The third kappa shape index (κ3) is 6.99. The highest BCUT2D eigenvalue weighted by molar-refractivity contribution is 5.73. The van der Waals surface area contributed by atoms with Crippen LogP contribution in [0, 0.1) is 0 Å². The zero-order chi connectivity index (χ0) is 16.0. The maximum absolute atomic E-state index is 12.2. The fourth-order valence-corrected chi connectivity index (χ4v) is 1.73. The van der Waals surface area contributed by atoms with E-state index in [0.717, 1.165) is 0 Å². The van der Waals surface area contributed by atoms with E-state index < -0.39 is 6.36 Å². The molecule has 0 N–H and O–H groups in total. The van der Waals surface area contributed by atoms with Crippen molar-refractivity contribution >= 4 is 5.91 Å². The number of halogens is 3. The summed E-state index contributed by atoms with van der Waals surface area (Å²) >= 11 is 0. The molecule has 0 aliphatic carbocycles. The quantitative estimate of drug-likeness (QED) is 0.809. The minimum atomic E-state index is -4.72. The highest BCUT2D eigenvalue weighted by Crippen LogP contribution is 2.23. The molecule has 0 saturated carbocycles. The maximum atomic E-state index is 12.2. The Bertz CT molecular complexity index is 476. The second-order valence-corrected chi connectivity index (χ2v) is 4.94. The highest BCUT2D eigenvalue weighted by atomic mass is 19.4. The zero-order valence-corrected chi connectivity index (χ0v) is 12.3. The number of hydrogen-bond acceptors (Lipinski definition) is 3. The van der Waals surface area contributed by atoms with E-state index in [2.05, 4.69) is 4.74 Å². The van der Waals surface area contributed by atoms with Crippen molar-refractivity contribution in [2.75, 3.05) is 27.2 Å². The molecule has 0 atom stereocenters. The van der Waals surface area contributed by atoms with Gasteiger partial charge in [0.25, 0.3) is 0 Å². The molecular weight excluding hydrogens is 285 g/mol. The van der Waals surface area contributed by atoms with Gasteiger partial charge in [-0.2, -0.15) is 0 Å². The van der Waals surface area contributed by atoms with E-state index >= 15 is 0 Å². The lowest BCUT2D eigenvalue weighted by atomic mass is 10.2. The van der Waals surface area contributed by atoms with Gasteiger partial charge in [-0.25, -0.2) is 0 Å². The Kier molecular flexibility index (Phi) is 6.02. The van der Waals surface area contributed by atoms with Crippen LogP contribution >= 0.6 is 0 Å². The van der Waals surface area contributed by atoms with Crippen molar-refractivity contribution in [3.63, 3.8) is 0 Å². The Labute approximate surface area is 122 Å². The number of carbonyl (C=O) groups excluding carboxylic acids is 1. The molecule has 0 unspecified atom stereocenters. The first-order valence-corrected chi connectivity index (χ1v) is 6.42. The van der Waals surface area contributed by atoms with E-state index in [1.165, 1.54) is 25.1 Å². The summed E-state index contributed by atoms with van der Waals surface area (Å²) in [6.45, 7) is 2.87. The molecular formula is C14H19F3N2O2. The minimum Gasteiger partial charge on any atom is -0.406 e. The van der Waals surface area contributed by atoms with Gasteiger partial charge in [0.1, 0.15) is 5.75 Å². The number of rotatable bonds is 6. The van der Waals surface area contributed by atoms with Crippen LogP contribution in [0.3, 0.4) is 0 Å². The second-order valence-electron chi connectivity index (χ2n) is 4.94. The average Bonchev–Trinajstić information content (AvgIpc) is 2.32. The predicted octanol–water partition coefficient (Wildman–Crippen LogP) is 2.50. The molecule has 7 heteroatoms. The van der Waals surface area contributed by atoms with Crippen LogP contribution in [0.25, 0.3) is 0 Å². The van der Waals surface area contributed by atoms with Crippen molar-refractivity contribution in [1.29, 1.82) is 0 Å². The van der Waals surface area contributed by atoms with Crippen LogP contribution in [0.15, 0.2) is 24.3 Å². The summed E-state index contributed by atoms with van der Waals surface area (Å²) in [5.74, 6) is -0.407. The van der Waals surface area contributed by atoms with Gasteiger partial charge < -0.3 is 14.5 Å². The van der Waals surface area contributed by atoms with Gasteiger partial charge >= 0.3 is 6.36 Å². The molecule has 0 fully saturated rings. The molecule has 0 aliphatic heterocycles. The lowest BCUT2D eigenvalue weighted by Crippen LogP contribution is -2.34. The third-order valence-electron chi connectivity index (χ3n) is 2.77. The predicted molar refractivity (Wildman–Crippen MR) is 72.8 cm³/mol. The summed E-state index contributed by atoms with van der Waals surface area (Å²) in [4.78, 5) is 15.1. The molecule has 0 heterocycles. The topological polar surface area (TPSA) is 32.8 Å². The van der Waals surface area contributed by atoms with Crippen LogP contribution in [0.4, 0.5) is 13.2 Å². The van der Waals surface area contributed by atoms with Gasteiger partial charge in [0.15, 0.2) is 0 Å². The summed E-state index contributed by atoms with van der Waals surface area (Å²) < 4.78 is 40.4. The average molecular weight is 304 g/mol. The number of likely N-dealkylation sites (N-methyl/N-ethyl adjacent to an activating group) is 1. The van der Waals surface area contributed by atoms with Crippen molar-refractivity contribution in [3.8, 4) is 5.75 Å². The molecule has 0 radical (unpaired) electrons. The Morgan fingerprint density at radius 2 is 1.90 bits per heavy atom. The van der Waals surface area contributed by atoms with Crippen LogP contribution < -0.4 is 4.74 Å². The molecule has 1 aromatic rings. The largest absolute Gasteiger partial charge is 0.573 e. The first-order valence-electron chi connectivity index (χ1n) is 6.42. The SMILES string of the molecule is CC(=O)N(CCN(C)C)Cc1cccc(OC(F)(F)F)c1. The van der Waals surface area contributed by atoms with E-state index in [-0.39, 0.29) is 18.2 Å². The van der Waals surface area contributed by atoms with Crippen LogP contribution in [-0.4, -0.2) is 49.3 Å². The van der Waals surface area contributed by atoms with E-state index in [9.17, 15) is 18.0 Å². The van der Waals surface area contributed by atoms with Crippen molar-refractivity contribution in [3.05, 3.63) is 29.8 Å². The van der Waals surface area contributed by atoms with Crippen molar-refractivity contribution in [2.24, 2.45) is 0 Å². The lowest BCUT2D eigenvalue weighted by molar-refractivity contribution is -0.274. The number of ether oxygens (including phenoxy) is 1. The molecule has 0 aromatic heterocycles. The zero-order valence-electron chi connectivity index (χ0n) is 12.3. The molecule has 1 amide bonds. The van der Waals surface area contributed by atoms with Crippen LogP contribution in [0.1, 0.15) is 12.5 Å². The third-order valence-corrected chi connectivity index (χ3v) is 2.77. The van der Waals surface area contributed by atoms with Crippen molar-refractivity contribution in [1.82, 2.24) is 9.80 Å². The number of nitrogens with zero attached hydrogens (tertiary/aromatic N) is 2. The van der Waals surface area contributed by atoms with Crippen LogP contribution in [0.2, 0.25) is 0 Å².